The summed E-state index contributed by atoms with van der Waals surface area (Å²) in [6.07, 6.45) is 3.37. The number of esters is 1. The van der Waals surface area contributed by atoms with Crippen molar-refractivity contribution in [3.05, 3.63) is 97.6 Å². The molecule has 0 spiro atoms. The van der Waals surface area contributed by atoms with E-state index >= 15 is 4.39 Å². The van der Waals surface area contributed by atoms with E-state index in [1.54, 1.807) is 50.2 Å². The van der Waals surface area contributed by atoms with Gasteiger partial charge in [0.25, 0.3) is 5.56 Å². The predicted octanol–water partition coefficient (Wildman–Crippen LogP) is 0.359. The van der Waals surface area contributed by atoms with Gasteiger partial charge in [-0.05, 0) is 73.9 Å². The summed E-state index contributed by atoms with van der Waals surface area (Å²) < 4.78 is 27.6. The van der Waals surface area contributed by atoms with Crippen molar-refractivity contribution in [3.63, 3.8) is 0 Å². The normalized spacial score (nSPS) is 16.8. The number of hydrogen-bond acceptors (Lipinski definition) is 13. The number of nitrogens with zero attached hydrogens (tertiary/aromatic N) is 2. The van der Waals surface area contributed by atoms with Crippen molar-refractivity contribution < 1.29 is 52.5 Å². The standard InChI is InChI=1S/C49H58FN9O11/c1-3-49(68)32-19-37-45-30(24-59(37)47(66)31(32)25-70-48(49)67)44-34(14-13-29-27(2)33(50)20-35(58-45)43(29)44)56-42(64)26-69-17-16-52-39(61)22-55-46(65)36(18-28-10-6-4-7-11-28)57-41(63)23-54-40(62)21-53-38(60)12-8-5-9-15-51/h4,6-7,10-11,19-20,34,36,68H,3,5,8-9,12-18,21-26,51H2,1-2H3,(H,52,61)(H,53,60)(H,54,62)(H,55,65)(H,56,64)(H,57,63)/t34-,36-,49-/m0/s1. The Hall–Kier alpha value is -7.10. The Morgan fingerprint density at radius 1 is 0.929 bits per heavy atom. The Bertz CT molecular complexity index is 2770. The predicted molar refractivity (Wildman–Crippen MR) is 251 cm³/mol. The lowest BCUT2D eigenvalue weighted by molar-refractivity contribution is -0.172. The van der Waals surface area contributed by atoms with E-state index in [1.165, 1.54) is 10.6 Å². The average molecular weight is 968 g/mol. The fraction of sp³-hybridized carbons (Fsp3) is 0.449. The molecular formula is C49H58FN9O11. The van der Waals surface area contributed by atoms with Gasteiger partial charge in [0.15, 0.2) is 5.60 Å². The molecule has 0 saturated carbocycles. The molecule has 0 unspecified atom stereocenters. The number of cyclic esters (lactones) is 1. The number of hydrogen-bond donors (Lipinski definition) is 8. The largest absolute Gasteiger partial charge is 0.458 e. The SMILES string of the molecule is CC[C@@]1(O)C(=O)OCc2c1cc1n(c2=O)Cc2c-1nc1cc(F)c(C)c3c1c2[C@@H](NC(=O)COCCNC(=O)CNC(=O)[C@H](Cc1ccccc1)NC(=O)CNC(=O)CNC(=O)CCCCCN)CC3. The highest BCUT2D eigenvalue weighted by molar-refractivity contribution is 5.95. The fourth-order valence-electron chi connectivity index (χ4n) is 9.14. The number of unbranched alkanes of at least 4 members (excludes halogenated alkanes) is 2. The molecule has 70 heavy (non-hydrogen) atoms. The van der Waals surface area contributed by atoms with Crippen molar-refractivity contribution in [3.8, 4) is 11.4 Å². The van der Waals surface area contributed by atoms with E-state index in [0.717, 1.165) is 24.0 Å². The van der Waals surface area contributed by atoms with Crippen LogP contribution in [0.2, 0.25) is 0 Å². The van der Waals surface area contributed by atoms with Gasteiger partial charge in [0.05, 0.1) is 61.3 Å². The Kier molecular flexibility index (Phi) is 16.4. The number of amides is 6. The first-order chi connectivity index (χ1) is 33.6. The highest BCUT2D eigenvalue weighted by Gasteiger charge is 2.46. The summed E-state index contributed by atoms with van der Waals surface area (Å²) in [5.74, 6) is -4.55. The maximum atomic E-state index is 15.3. The number of halogens is 1. The van der Waals surface area contributed by atoms with Crippen molar-refractivity contribution in [2.45, 2.75) is 96.1 Å². The van der Waals surface area contributed by atoms with Crippen LogP contribution in [0.25, 0.3) is 22.3 Å². The van der Waals surface area contributed by atoms with E-state index < -0.39 is 77.7 Å². The van der Waals surface area contributed by atoms with Crippen LogP contribution in [0.3, 0.4) is 0 Å². The van der Waals surface area contributed by atoms with Crippen molar-refractivity contribution in [2.75, 3.05) is 45.9 Å². The van der Waals surface area contributed by atoms with Gasteiger partial charge in [-0.2, -0.15) is 0 Å². The number of aryl methyl sites for hydroxylation is 1. The molecular weight excluding hydrogens is 910 g/mol. The zero-order valence-electron chi connectivity index (χ0n) is 39.1. The minimum Gasteiger partial charge on any atom is -0.458 e. The van der Waals surface area contributed by atoms with Crippen LogP contribution in [0.5, 0.6) is 0 Å². The van der Waals surface area contributed by atoms with Crippen LogP contribution in [0.1, 0.15) is 90.4 Å². The number of ether oxygens (including phenoxy) is 2. The maximum Gasteiger partial charge on any atom is 0.343 e. The summed E-state index contributed by atoms with van der Waals surface area (Å²) in [5.41, 5.74) is 7.60. The summed E-state index contributed by atoms with van der Waals surface area (Å²) in [5, 5.41) is 27.7. The van der Waals surface area contributed by atoms with Crippen LogP contribution >= 0.6 is 0 Å². The smallest absolute Gasteiger partial charge is 0.343 e. The molecule has 0 radical (unpaired) electrons. The van der Waals surface area contributed by atoms with Gasteiger partial charge in [-0.15, -0.1) is 0 Å². The minimum absolute atomic E-state index is 0.0124. The topological polar surface area (TPSA) is 291 Å². The maximum absolute atomic E-state index is 15.3. The second kappa shape index (κ2) is 22.5. The molecule has 0 saturated heterocycles. The molecule has 1 aliphatic carbocycles. The van der Waals surface area contributed by atoms with Crippen molar-refractivity contribution in [1.29, 1.82) is 0 Å². The summed E-state index contributed by atoms with van der Waals surface area (Å²) in [4.78, 5) is 108. The van der Waals surface area contributed by atoms with E-state index in [1.807, 2.05) is 0 Å². The van der Waals surface area contributed by atoms with Gasteiger partial charge in [0.2, 0.25) is 35.4 Å². The van der Waals surface area contributed by atoms with Crippen molar-refractivity contribution in [1.82, 2.24) is 41.5 Å². The monoisotopic (exact) mass is 967 g/mol. The molecule has 0 bridgehead atoms. The van der Waals surface area contributed by atoms with E-state index in [9.17, 15) is 43.5 Å². The summed E-state index contributed by atoms with van der Waals surface area (Å²) in [6.45, 7) is 1.93. The van der Waals surface area contributed by atoms with Crippen LogP contribution in [0.4, 0.5) is 4.39 Å². The molecule has 3 aliphatic rings. The molecule has 6 amide bonds. The Labute approximate surface area is 402 Å². The molecule has 21 heteroatoms. The van der Waals surface area contributed by atoms with Crippen LogP contribution in [0, 0.1) is 12.7 Å². The van der Waals surface area contributed by atoms with Gasteiger partial charge >= 0.3 is 5.97 Å². The second-order valence-electron chi connectivity index (χ2n) is 17.6. The number of fused-ring (bicyclic) bond motifs is 5. The molecule has 4 heterocycles. The zero-order valence-corrected chi connectivity index (χ0v) is 39.1. The number of carbonyl (C=O) groups is 7. The molecule has 0 fully saturated rings. The molecule has 7 rings (SSSR count). The minimum atomic E-state index is -2.03. The van der Waals surface area contributed by atoms with E-state index in [0.29, 0.717) is 64.8 Å². The lowest BCUT2D eigenvalue weighted by Crippen LogP contribution is -2.52. The number of carbonyl (C=O) groups excluding carboxylic acids is 7. The number of pyridine rings is 2. The number of benzene rings is 2. The summed E-state index contributed by atoms with van der Waals surface area (Å²) >= 11 is 0. The van der Waals surface area contributed by atoms with Crippen LogP contribution in [0.15, 0.2) is 47.3 Å². The first-order valence-corrected chi connectivity index (χ1v) is 23.4. The molecule has 9 N–H and O–H groups in total. The highest BCUT2D eigenvalue weighted by atomic mass is 19.1. The van der Waals surface area contributed by atoms with E-state index in [4.69, 9.17) is 20.2 Å². The van der Waals surface area contributed by atoms with Crippen molar-refractivity contribution in [2.24, 2.45) is 5.73 Å². The van der Waals surface area contributed by atoms with Gasteiger partial charge in [0.1, 0.15) is 25.1 Å². The summed E-state index contributed by atoms with van der Waals surface area (Å²) in [7, 11) is 0. The molecule has 4 aromatic rings. The van der Waals surface area contributed by atoms with Crippen molar-refractivity contribution >= 4 is 52.3 Å². The van der Waals surface area contributed by atoms with Gasteiger partial charge in [-0.1, -0.05) is 43.7 Å². The molecule has 2 aromatic carbocycles. The number of rotatable bonds is 22. The lowest BCUT2D eigenvalue weighted by atomic mass is 9.81. The Morgan fingerprint density at radius 2 is 1.66 bits per heavy atom. The third-order valence-electron chi connectivity index (χ3n) is 12.9. The van der Waals surface area contributed by atoms with Crippen LogP contribution in [-0.2, 0) is 74.6 Å². The molecule has 3 atom stereocenters. The molecule has 2 aliphatic heterocycles. The van der Waals surface area contributed by atoms with Gasteiger partial charge in [0, 0.05) is 42.0 Å². The fourth-order valence-corrected chi connectivity index (χ4v) is 9.14. The first kappa shape index (κ1) is 50.8. The number of nitrogens with one attached hydrogen (secondary N) is 6. The van der Waals surface area contributed by atoms with Gasteiger partial charge in [-0.25, -0.2) is 14.2 Å². The van der Waals surface area contributed by atoms with Gasteiger partial charge < -0.3 is 56.8 Å². The van der Waals surface area contributed by atoms with Gasteiger partial charge in [-0.3, -0.25) is 33.6 Å². The Balaban J connectivity index is 0.908. The van der Waals surface area contributed by atoms with E-state index in [2.05, 4.69) is 31.9 Å². The second-order valence-corrected chi connectivity index (χ2v) is 17.6. The first-order valence-electron chi connectivity index (χ1n) is 23.4. The van der Waals surface area contributed by atoms with E-state index in [-0.39, 0.29) is 75.8 Å². The number of aromatic nitrogens is 2. The summed E-state index contributed by atoms with van der Waals surface area (Å²) in [6, 6.07) is 10.1. The highest BCUT2D eigenvalue weighted by Crippen LogP contribution is 2.46. The molecule has 20 nitrogen and oxygen atoms in total. The third-order valence-corrected chi connectivity index (χ3v) is 12.9. The number of aliphatic hydroxyl groups is 1. The molecule has 2 aromatic heterocycles. The Morgan fingerprint density at radius 3 is 2.41 bits per heavy atom. The third kappa shape index (κ3) is 11.3. The van der Waals surface area contributed by atoms with Crippen LogP contribution in [-0.4, -0.2) is 108 Å². The average Bonchev–Trinajstić information content (AvgIpc) is 3.72. The number of nitrogens with two attached hydrogens (primary N) is 1. The van der Waals surface area contributed by atoms with Crippen LogP contribution < -0.4 is 43.2 Å². The quantitative estimate of drug-likeness (QED) is 0.0344. The lowest BCUT2D eigenvalue weighted by Gasteiger charge is -2.31. The zero-order chi connectivity index (χ0) is 50.1. The molecule has 372 valence electrons.